The van der Waals surface area contributed by atoms with Gasteiger partial charge in [-0.05, 0) is 44.4 Å². The van der Waals surface area contributed by atoms with Crippen LogP contribution in [-0.4, -0.2) is 25.4 Å². The van der Waals surface area contributed by atoms with E-state index >= 15 is 0 Å². The lowest BCUT2D eigenvalue weighted by atomic mass is 9.79. The van der Waals surface area contributed by atoms with Gasteiger partial charge in [0.25, 0.3) is 0 Å². The minimum Gasteiger partial charge on any atom is -0.385 e. The number of ether oxygens (including phenoxy) is 1. The van der Waals surface area contributed by atoms with E-state index in [1.165, 1.54) is 0 Å². The fourth-order valence-corrected chi connectivity index (χ4v) is 3.25. The van der Waals surface area contributed by atoms with Crippen LogP contribution in [0.1, 0.15) is 66.2 Å². The molecule has 1 fully saturated rings. The van der Waals surface area contributed by atoms with E-state index in [0.717, 1.165) is 45.1 Å². The third kappa shape index (κ3) is 6.09. The van der Waals surface area contributed by atoms with Gasteiger partial charge in [0.1, 0.15) is 5.60 Å². The molecule has 1 saturated heterocycles. The van der Waals surface area contributed by atoms with Crippen LogP contribution in [0.3, 0.4) is 0 Å². The van der Waals surface area contributed by atoms with Gasteiger partial charge < -0.3 is 4.74 Å². The first-order chi connectivity index (χ1) is 10.1. The van der Waals surface area contributed by atoms with Crippen LogP contribution in [0.15, 0.2) is 12.2 Å². The maximum absolute atomic E-state index is 5.83. The molecule has 1 aliphatic rings. The predicted molar refractivity (Wildman–Crippen MR) is 87.1 cm³/mol. The molecule has 0 unspecified atom stereocenters. The first-order valence-corrected chi connectivity index (χ1v) is 8.58. The fourth-order valence-electron chi connectivity index (χ4n) is 3.25. The standard InChI is InChI=1S/C18H34O3/c1-6-9-10-15(7-2)13-18(4)14-16(8-3)17(20-21-18)11-12-19-5/h9-10,15-17H,6-8,11-14H2,1-5H3/b10-9+/t15-,16-,17-,18+/m1/s1. The van der Waals surface area contributed by atoms with Crippen molar-refractivity contribution in [1.29, 1.82) is 0 Å². The highest BCUT2D eigenvalue weighted by atomic mass is 17.2. The third-order valence-corrected chi connectivity index (χ3v) is 4.59. The van der Waals surface area contributed by atoms with Gasteiger partial charge in [-0.2, -0.15) is 0 Å². The first-order valence-electron chi connectivity index (χ1n) is 8.58. The zero-order chi connectivity index (χ0) is 15.7. The Kier molecular flexibility index (Phi) is 8.53. The van der Waals surface area contributed by atoms with E-state index in [0.29, 0.717) is 11.8 Å². The van der Waals surface area contributed by atoms with Crippen LogP contribution in [0.2, 0.25) is 0 Å². The molecule has 0 radical (unpaired) electrons. The van der Waals surface area contributed by atoms with E-state index in [-0.39, 0.29) is 11.7 Å². The van der Waals surface area contributed by atoms with Crippen molar-refractivity contribution in [2.45, 2.75) is 77.9 Å². The van der Waals surface area contributed by atoms with Crippen molar-refractivity contribution in [2.75, 3.05) is 13.7 Å². The molecule has 0 aromatic carbocycles. The van der Waals surface area contributed by atoms with Gasteiger partial charge in [-0.3, -0.25) is 0 Å². The van der Waals surface area contributed by atoms with E-state index < -0.39 is 0 Å². The average molecular weight is 298 g/mol. The zero-order valence-corrected chi connectivity index (χ0v) is 14.6. The van der Waals surface area contributed by atoms with E-state index in [2.05, 4.69) is 39.8 Å². The highest BCUT2D eigenvalue weighted by molar-refractivity contribution is 4.93. The Labute approximate surface area is 131 Å². The van der Waals surface area contributed by atoms with E-state index in [1.54, 1.807) is 7.11 Å². The van der Waals surface area contributed by atoms with Gasteiger partial charge >= 0.3 is 0 Å². The summed E-state index contributed by atoms with van der Waals surface area (Å²) in [6.07, 6.45) is 11.2. The van der Waals surface area contributed by atoms with Crippen LogP contribution in [0, 0.1) is 11.8 Å². The molecule has 3 nitrogen and oxygen atoms in total. The van der Waals surface area contributed by atoms with Crippen LogP contribution < -0.4 is 0 Å². The summed E-state index contributed by atoms with van der Waals surface area (Å²) in [5, 5.41) is 0. The second-order valence-electron chi connectivity index (χ2n) is 6.53. The molecule has 0 aliphatic carbocycles. The van der Waals surface area contributed by atoms with Crippen LogP contribution in [0.4, 0.5) is 0 Å². The Balaban J connectivity index is 2.60. The van der Waals surface area contributed by atoms with Crippen molar-refractivity contribution in [3.63, 3.8) is 0 Å². The highest BCUT2D eigenvalue weighted by Gasteiger charge is 2.40. The number of rotatable bonds is 9. The summed E-state index contributed by atoms with van der Waals surface area (Å²) in [7, 11) is 1.74. The van der Waals surface area contributed by atoms with Crippen molar-refractivity contribution in [3.05, 3.63) is 12.2 Å². The lowest BCUT2D eigenvalue weighted by Gasteiger charge is -2.42. The fraction of sp³-hybridized carbons (Fsp3) is 0.889. The molecular weight excluding hydrogens is 264 g/mol. The molecule has 124 valence electrons. The molecule has 0 N–H and O–H groups in total. The zero-order valence-electron chi connectivity index (χ0n) is 14.6. The van der Waals surface area contributed by atoms with Crippen LogP contribution >= 0.6 is 0 Å². The van der Waals surface area contributed by atoms with Gasteiger partial charge in [0.2, 0.25) is 0 Å². The summed E-state index contributed by atoms with van der Waals surface area (Å²) in [6, 6.07) is 0. The Morgan fingerprint density at radius 3 is 2.67 bits per heavy atom. The van der Waals surface area contributed by atoms with E-state index in [1.807, 2.05) is 0 Å². The highest BCUT2D eigenvalue weighted by Crippen LogP contribution is 2.39. The molecule has 1 rings (SSSR count). The second kappa shape index (κ2) is 9.60. The average Bonchev–Trinajstić information content (AvgIpc) is 2.50. The summed E-state index contributed by atoms with van der Waals surface area (Å²) in [5.74, 6) is 1.14. The summed E-state index contributed by atoms with van der Waals surface area (Å²) < 4.78 is 5.17. The van der Waals surface area contributed by atoms with Crippen molar-refractivity contribution >= 4 is 0 Å². The Hall–Kier alpha value is -0.380. The Morgan fingerprint density at radius 2 is 2.10 bits per heavy atom. The van der Waals surface area contributed by atoms with Crippen molar-refractivity contribution in [2.24, 2.45) is 11.8 Å². The van der Waals surface area contributed by atoms with Crippen molar-refractivity contribution < 1.29 is 14.5 Å². The molecule has 1 aliphatic heterocycles. The van der Waals surface area contributed by atoms with Gasteiger partial charge in [0.05, 0.1) is 6.10 Å². The van der Waals surface area contributed by atoms with Crippen LogP contribution in [0.25, 0.3) is 0 Å². The maximum atomic E-state index is 5.83. The molecule has 0 amide bonds. The van der Waals surface area contributed by atoms with Gasteiger partial charge in [-0.1, -0.05) is 39.3 Å². The van der Waals surface area contributed by atoms with Gasteiger partial charge in [0.15, 0.2) is 0 Å². The van der Waals surface area contributed by atoms with Crippen molar-refractivity contribution in [1.82, 2.24) is 0 Å². The number of hydrogen-bond donors (Lipinski definition) is 0. The molecule has 1 heterocycles. The summed E-state index contributed by atoms with van der Waals surface area (Å²) >= 11 is 0. The summed E-state index contributed by atoms with van der Waals surface area (Å²) in [5.41, 5.74) is -0.164. The molecule has 21 heavy (non-hydrogen) atoms. The number of allylic oxidation sites excluding steroid dienone is 2. The van der Waals surface area contributed by atoms with Crippen LogP contribution in [0.5, 0.6) is 0 Å². The lowest BCUT2D eigenvalue weighted by molar-refractivity contribution is -0.420. The summed E-state index contributed by atoms with van der Waals surface area (Å²) in [4.78, 5) is 11.6. The number of hydrogen-bond acceptors (Lipinski definition) is 3. The first kappa shape index (κ1) is 18.7. The molecule has 0 aromatic rings. The molecule has 0 spiro atoms. The third-order valence-electron chi connectivity index (χ3n) is 4.59. The molecule has 3 heteroatoms. The van der Waals surface area contributed by atoms with E-state index in [4.69, 9.17) is 14.5 Å². The smallest absolute Gasteiger partial charge is 0.102 e. The van der Waals surface area contributed by atoms with E-state index in [9.17, 15) is 0 Å². The molecule has 0 aromatic heterocycles. The van der Waals surface area contributed by atoms with Gasteiger partial charge in [-0.25, -0.2) is 9.78 Å². The predicted octanol–water partition coefficient (Wildman–Crippen LogP) is 4.91. The quantitative estimate of drug-likeness (QED) is 0.447. The minimum absolute atomic E-state index is 0.164. The summed E-state index contributed by atoms with van der Waals surface area (Å²) in [6.45, 7) is 9.60. The van der Waals surface area contributed by atoms with Gasteiger partial charge in [0, 0.05) is 20.1 Å². The molecule has 0 bridgehead atoms. The number of methoxy groups -OCH3 is 1. The Morgan fingerprint density at radius 1 is 1.33 bits per heavy atom. The van der Waals surface area contributed by atoms with Crippen LogP contribution in [-0.2, 0) is 14.5 Å². The Bertz CT molecular complexity index is 303. The van der Waals surface area contributed by atoms with Gasteiger partial charge in [-0.15, -0.1) is 0 Å². The largest absolute Gasteiger partial charge is 0.385 e. The SMILES string of the molecule is CC/C=C/[C@@H](CC)C[C@@]1(C)C[C@@H](CC)[C@@H](CCOC)OO1. The second-order valence-corrected chi connectivity index (χ2v) is 6.53. The monoisotopic (exact) mass is 298 g/mol. The molecular formula is C18H34O3. The maximum Gasteiger partial charge on any atom is 0.102 e. The minimum atomic E-state index is -0.164. The molecule has 4 atom stereocenters. The lowest BCUT2D eigenvalue weighted by Crippen LogP contribution is -2.44. The topological polar surface area (TPSA) is 27.7 Å². The normalized spacial score (nSPS) is 31.7. The molecule has 0 saturated carbocycles. The van der Waals surface area contributed by atoms with Crippen molar-refractivity contribution in [3.8, 4) is 0 Å².